The Morgan fingerprint density at radius 3 is 2.14 bits per heavy atom. The van der Waals surface area contributed by atoms with Crippen molar-refractivity contribution in [3.63, 3.8) is 0 Å². The first-order valence-corrected chi connectivity index (χ1v) is 2.61. The first-order chi connectivity index (χ1) is 3.13. The number of hydrogen-bond acceptors (Lipinski definition) is 1. The molecule has 0 fully saturated rings. The van der Waals surface area contributed by atoms with Gasteiger partial charge in [0.25, 0.3) is 0 Å². The zero-order valence-corrected chi connectivity index (χ0v) is 5.37. The van der Waals surface area contributed by atoms with Crippen LogP contribution in [0.4, 0.5) is 0 Å². The molecular weight excluding hydrogens is 110 g/mol. The second kappa shape index (κ2) is 3.05. The summed E-state index contributed by atoms with van der Waals surface area (Å²) < 4.78 is 0. The van der Waals surface area contributed by atoms with Gasteiger partial charge in [-0.3, -0.25) is 0 Å². The smallest absolute Gasteiger partial charge is 0.0989 e. The lowest BCUT2D eigenvalue weighted by Gasteiger charge is -1.91. The second-order valence-corrected chi connectivity index (χ2v) is 2.19. The second-order valence-electron chi connectivity index (χ2n) is 1.69. The van der Waals surface area contributed by atoms with Crippen molar-refractivity contribution in [2.24, 2.45) is 5.73 Å². The van der Waals surface area contributed by atoms with Crippen LogP contribution in [0.1, 0.15) is 13.8 Å². The molecule has 0 radical (unpaired) electrons. The molecule has 0 aromatic carbocycles. The van der Waals surface area contributed by atoms with Gasteiger partial charge in [0.1, 0.15) is 0 Å². The minimum Gasteiger partial charge on any atom is -0.312 e. The fraction of sp³-hybridized carbons (Fsp3) is 0.600. The molecule has 0 saturated heterocycles. The highest BCUT2D eigenvalue weighted by atomic mass is 35.5. The van der Waals surface area contributed by atoms with Gasteiger partial charge in [-0.05, 0) is 13.8 Å². The van der Waals surface area contributed by atoms with E-state index in [0.29, 0.717) is 0 Å². The minimum atomic E-state index is -0.315. The molecule has 0 spiro atoms. The first-order valence-electron chi connectivity index (χ1n) is 2.17. The highest BCUT2D eigenvalue weighted by Gasteiger charge is 1.84. The van der Waals surface area contributed by atoms with Crippen LogP contribution in [0.15, 0.2) is 11.6 Å². The van der Waals surface area contributed by atoms with Crippen molar-refractivity contribution in [2.45, 2.75) is 19.3 Å². The zero-order chi connectivity index (χ0) is 5.86. The maximum absolute atomic E-state index is 5.37. The van der Waals surface area contributed by atoms with Crippen LogP contribution in [0.5, 0.6) is 0 Å². The minimum absolute atomic E-state index is 0.315. The lowest BCUT2D eigenvalue weighted by atomic mass is 10.3. The van der Waals surface area contributed by atoms with Crippen LogP contribution in [0, 0.1) is 0 Å². The molecule has 42 valence electrons. The number of hydrogen-bond donors (Lipinski definition) is 1. The predicted octanol–water partition coefficient (Wildman–Crippen LogP) is 1.48. The standard InChI is InChI=1S/C5H10ClN/c1-4(2)3-5(6)7/h3,5H,7H2,1-2H3. The van der Waals surface area contributed by atoms with E-state index in [1.54, 1.807) is 6.08 Å². The Morgan fingerprint density at radius 1 is 1.71 bits per heavy atom. The summed E-state index contributed by atoms with van der Waals surface area (Å²) in [6.07, 6.45) is 1.79. The quantitative estimate of drug-likeness (QED) is 0.316. The summed E-state index contributed by atoms with van der Waals surface area (Å²) >= 11 is 5.37. The summed E-state index contributed by atoms with van der Waals surface area (Å²) in [5.74, 6) is 0. The van der Waals surface area contributed by atoms with Gasteiger partial charge in [0.05, 0.1) is 5.50 Å². The number of nitrogens with two attached hydrogens (primary N) is 1. The van der Waals surface area contributed by atoms with E-state index in [2.05, 4.69) is 0 Å². The molecule has 0 rings (SSSR count). The monoisotopic (exact) mass is 119 g/mol. The molecule has 7 heavy (non-hydrogen) atoms. The van der Waals surface area contributed by atoms with E-state index in [0.717, 1.165) is 5.57 Å². The molecule has 1 unspecified atom stereocenters. The van der Waals surface area contributed by atoms with Crippen LogP contribution in [0.25, 0.3) is 0 Å². The van der Waals surface area contributed by atoms with E-state index in [-0.39, 0.29) is 5.50 Å². The van der Waals surface area contributed by atoms with Crippen LogP contribution in [-0.2, 0) is 0 Å². The van der Waals surface area contributed by atoms with E-state index in [9.17, 15) is 0 Å². The van der Waals surface area contributed by atoms with Crippen LogP contribution >= 0.6 is 11.6 Å². The predicted molar refractivity (Wildman–Crippen MR) is 33.3 cm³/mol. The van der Waals surface area contributed by atoms with Gasteiger partial charge < -0.3 is 5.73 Å². The summed E-state index contributed by atoms with van der Waals surface area (Å²) in [4.78, 5) is 0. The molecule has 0 aromatic rings. The van der Waals surface area contributed by atoms with Crippen LogP contribution < -0.4 is 5.73 Å². The Hall–Kier alpha value is -0.0100. The van der Waals surface area contributed by atoms with Crippen molar-refractivity contribution in [1.29, 1.82) is 0 Å². The molecule has 0 bridgehead atoms. The summed E-state index contributed by atoms with van der Waals surface area (Å²) in [6.45, 7) is 3.92. The molecule has 0 aliphatic carbocycles. The summed E-state index contributed by atoms with van der Waals surface area (Å²) in [5.41, 5.74) is 6.02. The van der Waals surface area contributed by atoms with E-state index in [1.807, 2.05) is 13.8 Å². The molecule has 0 aliphatic heterocycles. The van der Waals surface area contributed by atoms with Crippen molar-refractivity contribution in [3.05, 3.63) is 11.6 Å². The summed E-state index contributed by atoms with van der Waals surface area (Å²) in [6, 6.07) is 0. The molecule has 0 aromatic heterocycles. The van der Waals surface area contributed by atoms with E-state index in [1.165, 1.54) is 0 Å². The Morgan fingerprint density at radius 2 is 2.14 bits per heavy atom. The van der Waals surface area contributed by atoms with E-state index in [4.69, 9.17) is 17.3 Å². The molecular formula is C5H10ClN. The highest BCUT2D eigenvalue weighted by molar-refractivity contribution is 6.21. The number of rotatable bonds is 1. The largest absolute Gasteiger partial charge is 0.312 e. The van der Waals surface area contributed by atoms with Gasteiger partial charge in [-0.25, -0.2) is 0 Å². The van der Waals surface area contributed by atoms with Gasteiger partial charge in [0.2, 0.25) is 0 Å². The van der Waals surface area contributed by atoms with Crippen molar-refractivity contribution in [3.8, 4) is 0 Å². The SMILES string of the molecule is CC(C)=CC(N)Cl. The van der Waals surface area contributed by atoms with Gasteiger partial charge in [0, 0.05) is 0 Å². The highest BCUT2D eigenvalue weighted by Crippen LogP contribution is 1.93. The van der Waals surface area contributed by atoms with Crippen LogP contribution in [-0.4, -0.2) is 5.50 Å². The fourth-order valence-corrected chi connectivity index (χ4v) is 0.570. The Labute approximate surface area is 49.2 Å². The van der Waals surface area contributed by atoms with Crippen molar-refractivity contribution in [1.82, 2.24) is 0 Å². The molecule has 1 nitrogen and oxygen atoms in total. The maximum atomic E-state index is 5.37. The number of halogens is 1. The van der Waals surface area contributed by atoms with Gasteiger partial charge in [-0.15, -0.1) is 11.6 Å². The fourth-order valence-electron chi connectivity index (χ4n) is 0.318. The third-order valence-corrected chi connectivity index (χ3v) is 0.619. The third-order valence-electron chi connectivity index (χ3n) is 0.493. The van der Waals surface area contributed by atoms with Crippen molar-refractivity contribution >= 4 is 11.6 Å². The Balaban J connectivity index is 3.45. The maximum Gasteiger partial charge on any atom is 0.0989 e. The molecule has 2 N–H and O–H groups in total. The van der Waals surface area contributed by atoms with Gasteiger partial charge in [0.15, 0.2) is 0 Å². The normalized spacial score (nSPS) is 13.1. The van der Waals surface area contributed by atoms with E-state index < -0.39 is 0 Å². The average Bonchev–Trinajstić information content (AvgIpc) is 1.27. The molecule has 0 heterocycles. The number of allylic oxidation sites excluding steroid dienone is 1. The molecule has 2 heteroatoms. The first kappa shape index (κ1) is 6.99. The molecule has 0 amide bonds. The molecule has 0 saturated carbocycles. The summed E-state index contributed by atoms with van der Waals surface area (Å²) in [5, 5.41) is 0. The zero-order valence-electron chi connectivity index (χ0n) is 4.61. The lowest BCUT2D eigenvalue weighted by molar-refractivity contribution is 1.12. The van der Waals surface area contributed by atoms with Crippen LogP contribution in [0.3, 0.4) is 0 Å². The van der Waals surface area contributed by atoms with E-state index >= 15 is 0 Å². The summed E-state index contributed by atoms with van der Waals surface area (Å²) in [7, 11) is 0. The topological polar surface area (TPSA) is 26.0 Å². The Bertz CT molecular complexity index is 72.1. The van der Waals surface area contributed by atoms with Gasteiger partial charge >= 0.3 is 0 Å². The third kappa shape index (κ3) is 5.99. The Kier molecular flexibility index (Phi) is 3.05. The molecule has 0 aliphatic rings. The van der Waals surface area contributed by atoms with Gasteiger partial charge in [-0.1, -0.05) is 11.6 Å². The number of alkyl halides is 1. The van der Waals surface area contributed by atoms with Gasteiger partial charge in [-0.2, -0.15) is 0 Å². The molecule has 1 atom stereocenters. The lowest BCUT2D eigenvalue weighted by Crippen LogP contribution is -2.07. The van der Waals surface area contributed by atoms with Crippen molar-refractivity contribution < 1.29 is 0 Å². The van der Waals surface area contributed by atoms with Crippen LogP contribution in [0.2, 0.25) is 0 Å². The average molecular weight is 120 g/mol. The van der Waals surface area contributed by atoms with Crippen molar-refractivity contribution in [2.75, 3.05) is 0 Å².